The second-order valence-electron chi connectivity index (χ2n) is 4.11. The summed E-state index contributed by atoms with van der Waals surface area (Å²) in [7, 11) is 0. The number of hydrogen-bond acceptors (Lipinski definition) is 7. The third kappa shape index (κ3) is 4.45. The molecule has 0 aliphatic rings. The zero-order valence-electron chi connectivity index (χ0n) is 11.6. The van der Waals surface area contributed by atoms with Gasteiger partial charge in [-0.15, -0.1) is 0 Å². The quantitative estimate of drug-likeness (QED) is 0.324. The minimum absolute atomic E-state index is 0.0799. The zero-order chi connectivity index (χ0) is 16.0. The van der Waals surface area contributed by atoms with Crippen molar-refractivity contribution in [1.82, 2.24) is 15.1 Å². The zero-order valence-corrected chi connectivity index (χ0v) is 12.4. The highest BCUT2D eigenvalue weighted by atomic mass is 32.1. The third-order valence-electron chi connectivity index (χ3n) is 2.65. The molecule has 1 aromatic rings. The molecule has 21 heavy (non-hydrogen) atoms. The molecule has 0 saturated heterocycles. The molecule has 0 saturated carbocycles. The second-order valence-corrected chi connectivity index (χ2v) is 4.47. The van der Waals surface area contributed by atoms with Gasteiger partial charge >= 0.3 is 11.7 Å². The Bertz CT molecular complexity index is 532. The molecule has 0 bridgehead atoms. The number of amides is 1. The van der Waals surface area contributed by atoms with E-state index in [1.54, 1.807) is 6.92 Å². The van der Waals surface area contributed by atoms with Crippen LogP contribution in [0.15, 0.2) is 12.4 Å². The monoisotopic (exact) mass is 316 g/mol. The fourth-order valence-electron chi connectivity index (χ4n) is 1.47. The highest BCUT2D eigenvalue weighted by Crippen LogP contribution is 2.13. The lowest BCUT2D eigenvalue weighted by Crippen LogP contribution is -2.45. The minimum Gasteiger partial charge on any atom is -0.464 e. The summed E-state index contributed by atoms with van der Waals surface area (Å²) in [5.41, 5.74) is -0.217. The maximum atomic E-state index is 12.0. The molecule has 1 heterocycles. The molecule has 0 spiro atoms. The molecule has 1 aromatic heterocycles. The van der Waals surface area contributed by atoms with Crippen molar-refractivity contribution < 1.29 is 19.2 Å². The number of rotatable bonds is 7. The van der Waals surface area contributed by atoms with E-state index in [9.17, 15) is 19.7 Å². The molecule has 0 aromatic carbocycles. The molecule has 0 radical (unpaired) electrons. The smallest absolute Gasteiger partial charge is 0.329 e. The average molecular weight is 316 g/mol. The van der Waals surface area contributed by atoms with Crippen LogP contribution in [0.3, 0.4) is 0 Å². The Morgan fingerprint density at radius 3 is 2.76 bits per heavy atom. The van der Waals surface area contributed by atoms with Gasteiger partial charge in [-0.2, -0.15) is 17.7 Å². The van der Waals surface area contributed by atoms with Gasteiger partial charge in [0, 0.05) is 5.75 Å². The molecule has 2 atom stereocenters. The fourth-order valence-corrected chi connectivity index (χ4v) is 1.71. The van der Waals surface area contributed by atoms with Crippen molar-refractivity contribution in [3.63, 3.8) is 0 Å². The lowest BCUT2D eigenvalue weighted by atomic mass is 10.2. The van der Waals surface area contributed by atoms with E-state index in [0.29, 0.717) is 0 Å². The Labute approximate surface area is 126 Å². The number of esters is 1. The van der Waals surface area contributed by atoms with Crippen LogP contribution in [0.25, 0.3) is 0 Å². The van der Waals surface area contributed by atoms with Gasteiger partial charge in [0.25, 0.3) is 0 Å². The Morgan fingerprint density at radius 2 is 2.29 bits per heavy atom. The van der Waals surface area contributed by atoms with Crippen LogP contribution >= 0.6 is 12.6 Å². The number of nitro groups is 1. The minimum atomic E-state index is -0.881. The molecule has 0 aliphatic heterocycles. The summed E-state index contributed by atoms with van der Waals surface area (Å²) < 4.78 is 5.95. The lowest BCUT2D eigenvalue weighted by Gasteiger charge is -2.18. The molecular formula is C11H16N4O5S. The van der Waals surface area contributed by atoms with Crippen LogP contribution in [0.1, 0.15) is 19.9 Å². The number of carbonyl (C=O) groups excluding carboxylic acids is 2. The number of hydrogen-bond donors (Lipinski definition) is 2. The van der Waals surface area contributed by atoms with Crippen LogP contribution in [0.2, 0.25) is 0 Å². The van der Waals surface area contributed by atoms with E-state index in [1.807, 2.05) is 0 Å². The average Bonchev–Trinajstić information content (AvgIpc) is 2.93. The van der Waals surface area contributed by atoms with E-state index >= 15 is 0 Å². The fraction of sp³-hybridized carbons (Fsp3) is 0.545. The number of thiol groups is 1. The summed E-state index contributed by atoms with van der Waals surface area (Å²) >= 11 is 3.98. The molecule has 0 aliphatic carbocycles. The lowest BCUT2D eigenvalue weighted by molar-refractivity contribution is -0.385. The van der Waals surface area contributed by atoms with Gasteiger partial charge in [0.05, 0.1) is 11.5 Å². The van der Waals surface area contributed by atoms with Gasteiger partial charge in [-0.3, -0.25) is 19.6 Å². The molecule has 116 valence electrons. The first-order valence-corrected chi connectivity index (χ1v) is 6.80. The van der Waals surface area contributed by atoms with Crippen LogP contribution in [-0.2, 0) is 14.3 Å². The summed E-state index contributed by atoms with van der Waals surface area (Å²) in [6.45, 7) is 3.35. The molecule has 1 amide bonds. The van der Waals surface area contributed by atoms with Gasteiger partial charge in [0.1, 0.15) is 24.5 Å². The molecule has 1 N–H and O–H groups in total. The van der Waals surface area contributed by atoms with Gasteiger partial charge in [0.2, 0.25) is 5.91 Å². The molecule has 0 fully saturated rings. The predicted molar refractivity (Wildman–Crippen MR) is 76.0 cm³/mol. The summed E-state index contributed by atoms with van der Waals surface area (Å²) in [6, 6.07) is -1.69. The summed E-state index contributed by atoms with van der Waals surface area (Å²) in [5.74, 6) is -1.02. The van der Waals surface area contributed by atoms with Crippen LogP contribution in [0.5, 0.6) is 0 Å². The van der Waals surface area contributed by atoms with E-state index < -0.39 is 28.9 Å². The molecule has 9 nitrogen and oxygen atoms in total. The maximum absolute atomic E-state index is 12.0. The number of carbonyl (C=O) groups is 2. The van der Waals surface area contributed by atoms with Crippen LogP contribution < -0.4 is 5.32 Å². The van der Waals surface area contributed by atoms with Crippen LogP contribution in [0.4, 0.5) is 5.69 Å². The largest absolute Gasteiger partial charge is 0.464 e. The third-order valence-corrected chi connectivity index (χ3v) is 3.01. The van der Waals surface area contributed by atoms with Gasteiger partial charge in [-0.25, -0.2) is 4.79 Å². The van der Waals surface area contributed by atoms with Crippen molar-refractivity contribution in [2.24, 2.45) is 0 Å². The molecule has 0 unspecified atom stereocenters. The number of nitrogens with zero attached hydrogens (tertiary/aromatic N) is 3. The van der Waals surface area contributed by atoms with Crippen LogP contribution in [0, 0.1) is 10.1 Å². The van der Waals surface area contributed by atoms with Gasteiger partial charge in [-0.1, -0.05) is 0 Å². The van der Waals surface area contributed by atoms with E-state index in [0.717, 1.165) is 17.1 Å². The van der Waals surface area contributed by atoms with Crippen molar-refractivity contribution in [3.8, 4) is 0 Å². The Balaban J connectivity index is 2.72. The van der Waals surface area contributed by atoms with Crippen molar-refractivity contribution in [2.45, 2.75) is 25.9 Å². The van der Waals surface area contributed by atoms with E-state index in [2.05, 4.69) is 23.0 Å². The first-order valence-electron chi connectivity index (χ1n) is 6.17. The predicted octanol–water partition coefficient (Wildman–Crippen LogP) is 0.330. The van der Waals surface area contributed by atoms with Gasteiger partial charge in [-0.05, 0) is 13.8 Å². The van der Waals surface area contributed by atoms with E-state index in [1.165, 1.54) is 6.92 Å². The van der Waals surface area contributed by atoms with Crippen LogP contribution in [-0.4, -0.2) is 45.0 Å². The van der Waals surface area contributed by atoms with E-state index in [-0.39, 0.29) is 18.0 Å². The van der Waals surface area contributed by atoms with Crippen molar-refractivity contribution in [2.75, 3.05) is 12.4 Å². The first-order chi connectivity index (χ1) is 9.90. The summed E-state index contributed by atoms with van der Waals surface area (Å²) in [5, 5.41) is 16.8. The number of nitrogens with one attached hydrogen (secondary N) is 1. The van der Waals surface area contributed by atoms with Crippen molar-refractivity contribution in [3.05, 3.63) is 22.5 Å². The highest BCUT2D eigenvalue weighted by molar-refractivity contribution is 7.80. The Kier molecular flexibility index (Phi) is 6.15. The maximum Gasteiger partial charge on any atom is 0.329 e. The normalized spacial score (nSPS) is 13.3. The molecule has 10 heteroatoms. The van der Waals surface area contributed by atoms with Crippen molar-refractivity contribution >= 4 is 30.2 Å². The summed E-state index contributed by atoms with van der Waals surface area (Å²) in [6.07, 6.45) is 2.19. The molecule has 1 rings (SSSR count). The van der Waals surface area contributed by atoms with E-state index in [4.69, 9.17) is 4.74 Å². The Hall–Kier alpha value is -2.10. The number of ether oxygens (including phenoxy) is 1. The molecular weight excluding hydrogens is 300 g/mol. The standard InChI is InChI=1S/C11H16N4O5S/c1-3-20-11(17)9(6-21)13-10(16)7(2)14-5-8(4-12-14)15(18)19/h4-5,7,9,21H,3,6H2,1-2H3,(H,13,16)/t7-,9+/m0/s1. The first kappa shape index (κ1) is 17.0. The van der Waals surface area contributed by atoms with Crippen molar-refractivity contribution in [1.29, 1.82) is 0 Å². The number of aromatic nitrogens is 2. The second kappa shape index (κ2) is 7.62. The summed E-state index contributed by atoms with van der Waals surface area (Å²) in [4.78, 5) is 33.5. The van der Waals surface area contributed by atoms with Gasteiger partial charge in [0.15, 0.2) is 0 Å². The van der Waals surface area contributed by atoms with Gasteiger partial charge < -0.3 is 10.1 Å². The SMILES string of the molecule is CCOC(=O)[C@@H](CS)NC(=O)[C@H](C)n1cc([N+](=O)[O-])cn1. The highest BCUT2D eigenvalue weighted by Gasteiger charge is 2.25. The topological polar surface area (TPSA) is 116 Å². The Morgan fingerprint density at radius 1 is 1.62 bits per heavy atom.